The second-order valence-corrected chi connectivity index (χ2v) is 8.90. The van der Waals surface area contributed by atoms with Crippen molar-refractivity contribution in [3.63, 3.8) is 0 Å². The summed E-state index contributed by atoms with van der Waals surface area (Å²) in [6, 6.07) is 5.30. The van der Waals surface area contributed by atoms with E-state index in [-0.39, 0.29) is 17.2 Å². The topological polar surface area (TPSA) is 102 Å². The third kappa shape index (κ3) is 5.47. The van der Waals surface area contributed by atoms with Crippen molar-refractivity contribution in [3.8, 4) is 0 Å². The van der Waals surface area contributed by atoms with Gasteiger partial charge in [-0.15, -0.1) is 21.5 Å². The Hall–Kier alpha value is -2.79. The molecule has 164 valence electrons. The molecule has 11 heteroatoms. The second kappa shape index (κ2) is 10.0. The highest BCUT2D eigenvalue weighted by Crippen LogP contribution is 2.23. The van der Waals surface area contributed by atoms with E-state index < -0.39 is 17.8 Å². The van der Waals surface area contributed by atoms with Gasteiger partial charge in [-0.3, -0.25) is 9.59 Å². The minimum atomic E-state index is -0.586. The third-order valence-corrected chi connectivity index (χ3v) is 6.48. The lowest BCUT2D eigenvalue weighted by atomic mass is 10.2. The summed E-state index contributed by atoms with van der Waals surface area (Å²) >= 11 is 2.68. The molecule has 1 aromatic carbocycles. The van der Waals surface area contributed by atoms with Gasteiger partial charge >= 0.3 is 0 Å². The van der Waals surface area contributed by atoms with Gasteiger partial charge in [-0.1, -0.05) is 23.9 Å². The Morgan fingerprint density at radius 3 is 2.65 bits per heavy atom. The number of anilines is 1. The molecule has 2 aromatic heterocycles. The molecule has 3 aromatic rings. The van der Waals surface area contributed by atoms with Crippen LogP contribution in [0.5, 0.6) is 0 Å². The number of thioether (sulfide) groups is 1. The minimum Gasteiger partial charge on any atom is -0.342 e. The van der Waals surface area contributed by atoms with Gasteiger partial charge in [0.1, 0.15) is 5.82 Å². The molecule has 1 atom stereocenters. The van der Waals surface area contributed by atoms with Gasteiger partial charge in [0.15, 0.2) is 16.1 Å². The molecule has 0 unspecified atom stereocenters. The summed E-state index contributed by atoms with van der Waals surface area (Å²) in [6.07, 6.45) is 0. The standard InChI is InChI=1S/C20H23FN6O2S2/c1-5-27-17(12(3)22-18(29)14-8-6-7-9-15(14)21)25-26-20(27)30-10-16(28)24-19-23-11(2)13(4)31-19/h6-9,12H,5,10H2,1-4H3,(H,22,29)(H,23,24,28)/t12-/m0/s1. The summed E-state index contributed by atoms with van der Waals surface area (Å²) in [5, 5.41) is 15.0. The van der Waals surface area contributed by atoms with E-state index in [1.165, 1.54) is 41.3 Å². The van der Waals surface area contributed by atoms with Crippen molar-refractivity contribution in [1.82, 2.24) is 25.1 Å². The van der Waals surface area contributed by atoms with E-state index in [4.69, 9.17) is 0 Å². The smallest absolute Gasteiger partial charge is 0.254 e. The molecule has 0 aliphatic heterocycles. The molecule has 2 amide bonds. The first kappa shape index (κ1) is 22.9. The Kier molecular flexibility index (Phi) is 7.39. The van der Waals surface area contributed by atoms with Crippen molar-refractivity contribution in [1.29, 1.82) is 0 Å². The Balaban J connectivity index is 1.63. The number of benzene rings is 1. The first-order valence-electron chi connectivity index (χ1n) is 9.65. The van der Waals surface area contributed by atoms with Gasteiger partial charge in [0.2, 0.25) is 5.91 Å². The van der Waals surface area contributed by atoms with E-state index in [1.807, 2.05) is 25.3 Å². The summed E-state index contributed by atoms with van der Waals surface area (Å²) in [7, 11) is 0. The number of rotatable bonds is 8. The third-order valence-electron chi connectivity index (χ3n) is 4.52. The highest BCUT2D eigenvalue weighted by atomic mass is 32.2. The summed E-state index contributed by atoms with van der Waals surface area (Å²) in [5.74, 6) is -0.629. The van der Waals surface area contributed by atoms with Gasteiger partial charge < -0.3 is 15.2 Å². The zero-order valence-electron chi connectivity index (χ0n) is 17.6. The quantitative estimate of drug-likeness (QED) is 0.495. The van der Waals surface area contributed by atoms with Crippen LogP contribution in [0.2, 0.25) is 0 Å². The fourth-order valence-corrected chi connectivity index (χ4v) is 4.46. The van der Waals surface area contributed by atoms with Gasteiger partial charge in [0.05, 0.1) is 23.1 Å². The average Bonchev–Trinajstić information content (AvgIpc) is 3.28. The second-order valence-electron chi connectivity index (χ2n) is 6.76. The molecule has 31 heavy (non-hydrogen) atoms. The van der Waals surface area contributed by atoms with Gasteiger partial charge in [-0.2, -0.15) is 0 Å². The number of halogens is 1. The molecule has 0 radical (unpaired) electrons. The van der Waals surface area contributed by atoms with Crippen LogP contribution in [-0.2, 0) is 11.3 Å². The van der Waals surface area contributed by atoms with E-state index in [0.29, 0.717) is 22.7 Å². The van der Waals surface area contributed by atoms with Gasteiger partial charge in [-0.05, 0) is 39.8 Å². The molecule has 3 rings (SSSR count). The average molecular weight is 463 g/mol. The zero-order valence-corrected chi connectivity index (χ0v) is 19.2. The van der Waals surface area contributed by atoms with Crippen molar-refractivity contribution < 1.29 is 14.0 Å². The summed E-state index contributed by atoms with van der Waals surface area (Å²) in [6.45, 7) is 8.08. The molecule has 0 saturated heterocycles. The van der Waals surface area contributed by atoms with E-state index in [0.717, 1.165) is 10.6 Å². The van der Waals surface area contributed by atoms with Crippen molar-refractivity contribution in [2.24, 2.45) is 0 Å². The number of hydrogen-bond acceptors (Lipinski definition) is 7. The maximum atomic E-state index is 13.9. The summed E-state index contributed by atoms with van der Waals surface area (Å²) in [4.78, 5) is 30.0. The van der Waals surface area contributed by atoms with Crippen molar-refractivity contribution in [2.75, 3.05) is 11.1 Å². The maximum absolute atomic E-state index is 13.9. The molecule has 0 fully saturated rings. The molecule has 8 nitrogen and oxygen atoms in total. The highest BCUT2D eigenvalue weighted by Gasteiger charge is 2.21. The Morgan fingerprint density at radius 2 is 2.00 bits per heavy atom. The summed E-state index contributed by atoms with van der Waals surface area (Å²) < 4.78 is 15.7. The van der Waals surface area contributed by atoms with Crippen LogP contribution < -0.4 is 10.6 Å². The number of hydrogen-bond donors (Lipinski definition) is 2. The van der Waals surface area contributed by atoms with Crippen LogP contribution >= 0.6 is 23.1 Å². The predicted molar refractivity (Wildman–Crippen MR) is 119 cm³/mol. The molecule has 2 N–H and O–H groups in total. The Morgan fingerprint density at radius 1 is 1.26 bits per heavy atom. The molecule has 0 bridgehead atoms. The molecule has 0 aliphatic carbocycles. The van der Waals surface area contributed by atoms with Crippen LogP contribution in [0.1, 0.15) is 46.6 Å². The lowest BCUT2D eigenvalue weighted by Crippen LogP contribution is -2.29. The van der Waals surface area contributed by atoms with E-state index in [1.54, 1.807) is 13.0 Å². The first-order chi connectivity index (χ1) is 14.8. The number of aryl methyl sites for hydroxylation is 2. The number of carbonyl (C=O) groups is 2. The highest BCUT2D eigenvalue weighted by molar-refractivity contribution is 7.99. The number of nitrogens with one attached hydrogen (secondary N) is 2. The van der Waals surface area contributed by atoms with Crippen LogP contribution in [0, 0.1) is 19.7 Å². The summed E-state index contributed by atoms with van der Waals surface area (Å²) in [5.41, 5.74) is 0.866. The van der Waals surface area contributed by atoms with Crippen LogP contribution in [-0.4, -0.2) is 37.3 Å². The van der Waals surface area contributed by atoms with Crippen LogP contribution in [0.15, 0.2) is 29.4 Å². The fourth-order valence-electron chi connectivity index (χ4n) is 2.82. The monoisotopic (exact) mass is 462 g/mol. The maximum Gasteiger partial charge on any atom is 0.254 e. The fraction of sp³-hybridized carbons (Fsp3) is 0.350. The van der Waals surface area contributed by atoms with E-state index in [2.05, 4.69) is 25.8 Å². The van der Waals surface area contributed by atoms with Crippen LogP contribution in [0.3, 0.4) is 0 Å². The molecule has 0 spiro atoms. The molecule has 0 saturated carbocycles. The number of thiazole rings is 1. The van der Waals surface area contributed by atoms with E-state index >= 15 is 0 Å². The molecular weight excluding hydrogens is 439 g/mol. The first-order valence-corrected chi connectivity index (χ1v) is 11.5. The lowest BCUT2D eigenvalue weighted by molar-refractivity contribution is -0.113. The molecular formula is C20H23FN6O2S2. The minimum absolute atomic E-state index is 0.0316. The van der Waals surface area contributed by atoms with Crippen molar-refractivity contribution in [3.05, 3.63) is 52.0 Å². The number of nitrogens with zero attached hydrogens (tertiary/aromatic N) is 4. The lowest BCUT2D eigenvalue weighted by Gasteiger charge is -2.15. The number of aromatic nitrogens is 4. The van der Waals surface area contributed by atoms with E-state index in [9.17, 15) is 14.0 Å². The molecule has 2 heterocycles. The normalized spacial score (nSPS) is 11.9. The number of carbonyl (C=O) groups excluding carboxylic acids is 2. The zero-order chi connectivity index (χ0) is 22.5. The largest absolute Gasteiger partial charge is 0.342 e. The Bertz CT molecular complexity index is 1080. The van der Waals surface area contributed by atoms with Crippen LogP contribution in [0.4, 0.5) is 9.52 Å². The van der Waals surface area contributed by atoms with Crippen LogP contribution in [0.25, 0.3) is 0 Å². The molecule has 0 aliphatic rings. The van der Waals surface area contributed by atoms with Crippen molar-refractivity contribution >= 4 is 40.0 Å². The van der Waals surface area contributed by atoms with Gasteiger partial charge in [0.25, 0.3) is 5.91 Å². The SMILES string of the molecule is CCn1c(SCC(=O)Nc2nc(C)c(C)s2)nnc1[C@H](C)NC(=O)c1ccccc1F. The van der Waals surface area contributed by atoms with Gasteiger partial charge in [-0.25, -0.2) is 9.37 Å². The van der Waals surface area contributed by atoms with Gasteiger partial charge in [0, 0.05) is 11.4 Å². The predicted octanol–water partition coefficient (Wildman–Crippen LogP) is 3.73. The Labute approximate surface area is 187 Å². The van der Waals surface area contributed by atoms with Crippen molar-refractivity contribution in [2.45, 2.75) is 45.4 Å². The number of amides is 2.